The van der Waals surface area contributed by atoms with Crippen LogP contribution in [0.15, 0.2) is 30.3 Å². The molecule has 1 aromatic heterocycles. The van der Waals surface area contributed by atoms with Gasteiger partial charge in [-0.1, -0.05) is 29.8 Å². The molecule has 2 rings (SSSR count). The Morgan fingerprint density at radius 3 is 2.59 bits per heavy atom. The lowest BCUT2D eigenvalue weighted by Crippen LogP contribution is -2.18. The summed E-state index contributed by atoms with van der Waals surface area (Å²) in [5.41, 5.74) is 4.64. The minimum atomic E-state index is 0.403. The minimum absolute atomic E-state index is 0.403. The van der Waals surface area contributed by atoms with E-state index in [-0.39, 0.29) is 0 Å². The average Bonchev–Trinajstić information content (AvgIpc) is 2.77. The van der Waals surface area contributed by atoms with Crippen molar-refractivity contribution in [1.82, 2.24) is 15.6 Å². The lowest BCUT2D eigenvalue weighted by atomic mass is 10.1. The molecule has 1 amide bonds. The zero-order chi connectivity index (χ0) is 12.7. The Labute approximate surface area is 104 Å². The molecule has 0 spiro atoms. The number of H-pyrrole nitrogens is 1. The summed E-state index contributed by atoms with van der Waals surface area (Å²) in [5.74, 6) is 4.41. The maximum Gasteiger partial charge on any atom is 0.221 e. The number of hydrogen-bond acceptors (Lipinski definition) is 3. The lowest BCUT2D eigenvalue weighted by molar-refractivity contribution is -0.109. The second kappa shape index (κ2) is 6.67. The van der Waals surface area contributed by atoms with Gasteiger partial charge in [-0.3, -0.25) is 15.3 Å². The number of benzene rings is 1. The first kappa shape index (κ1) is 13.2. The van der Waals surface area contributed by atoms with E-state index in [0.29, 0.717) is 6.41 Å². The van der Waals surface area contributed by atoms with Gasteiger partial charge in [0.1, 0.15) is 0 Å². The molecule has 6 heteroatoms. The summed E-state index contributed by atoms with van der Waals surface area (Å²) in [6.45, 7) is 1.97. The maximum absolute atomic E-state index is 8.94. The average molecular weight is 253 g/mol. The Kier molecular flexibility index (Phi) is 5.19. The van der Waals surface area contributed by atoms with Crippen molar-refractivity contribution >= 4 is 18.0 Å². The summed E-state index contributed by atoms with van der Waals surface area (Å²) in [5, 5.41) is 7.75. The summed E-state index contributed by atoms with van der Waals surface area (Å²) >= 11 is 6.01. The van der Waals surface area contributed by atoms with Crippen LogP contribution in [0.5, 0.6) is 0 Å². The van der Waals surface area contributed by atoms with E-state index in [1.807, 2.05) is 37.3 Å². The van der Waals surface area contributed by atoms with Crippen LogP contribution in [0.2, 0.25) is 5.02 Å². The van der Waals surface area contributed by atoms with E-state index in [1.54, 1.807) is 5.43 Å². The fourth-order valence-corrected chi connectivity index (χ4v) is 1.46. The van der Waals surface area contributed by atoms with E-state index in [1.165, 1.54) is 0 Å². The number of hydrazine groups is 1. The van der Waals surface area contributed by atoms with Gasteiger partial charge in [0.2, 0.25) is 6.41 Å². The van der Waals surface area contributed by atoms with Crippen molar-refractivity contribution in [1.29, 1.82) is 0 Å². The molecule has 0 aliphatic carbocycles. The molecule has 1 aromatic carbocycles. The lowest BCUT2D eigenvalue weighted by Gasteiger charge is -1.97. The molecule has 0 saturated heterocycles. The number of nitrogens with one attached hydrogen (secondary N) is 2. The summed E-state index contributed by atoms with van der Waals surface area (Å²) < 4.78 is 0. The van der Waals surface area contributed by atoms with Crippen LogP contribution < -0.4 is 11.3 Å². The van der Waals surface area contributed by atoms with Gasteiger partial charge in [-0.05, 0) is 19.1 Å². The quantitative estimate of drug-likeness (QED) is 0.329. The Hall–Kier alpha value is -1.85. The highest BCUT2D eigenvalue weighted by atomic mass is 35.5. The molecule has 0 atom stereocenters. The Bertz CT molecular complexity index is 484. The number of aryl methyl sites for hydroxylation is 1. The van der Waals surface area contributed by atoms with E-state index in [0.717, 1.165) is 22.0 Å². The zero-order valence-electron chi connectivity index (χ0n) is 9.27. The third-order valence-corrected chi connectivity index (χ3v) is 2.25. The van der Waals surface area contributed by atoms with Crippen molar-refractivity contribution < 1.29 is 4.79 Å². The summed E-state index contributed by atoms with van der Waals surface area (Å²) in [7, 11) is 0. The van der Waals surface area contributed by atoms with Crippen LogP contribution in [0.25, 0.3) is 11.3 Å². The van der Waals surface area contributed by atoms with E-state index in [4.69, 9.17) is 16.4 Å². The van der Waals surface area contributed by atoms with Crippen molar-refractivity contribution in [2.45, 2.75) is 6.92 Å². The highest BCUT2D eigenvalue weighted by molar-refractivity contribution is 6.33. The van der Waals surface area contributed by atoms with Gasteiger partial charge < -0.3 is 0 Å². The number of rotatable bonds is 2. The van der Waals surface area contributed by atoms with Crippen LogP contribution >= 0.6 is 11.6 Å². The Morgan fingerprint density at radius 1 is 1.47 bits per heavy atom. The molecule has 0 aliphatic rings. The monoisotopic (exact) mass is 252 g/mol. The smallest absolute Gasteiger partial charge is 0.221 e. The van der Waals surface area contributed by atoms with Crippen LogP contribution in [-0.4, -0.2) is 16.6 Å². The molecule has 1 heterocycles. The normalized spacial score (nSPS) is 9.12. The van der Waals surface area contributed by atoms with Crippen LogP contribution in [0.4, 0.5) is 0 Å². The molecule has 17 heavy (non-hydrogen) atoms. The number of nitrogens with two attached hydrogens (primary N) is 1. The van der Waals surface area contributed by atoms with E-state index in [2.05, 4.69) is 16.0 Å². The highest BCUT2D eigenvalue weighted by Gasteiger charge is 2.04. The van der Waals surface area contributed by atoms with E-state index >= 15 is 0 Å². The zero-order valence-corrected chi connectivity index (χ0v) is 10.0. The number of carbonyl (C=O) groups excluding carboxylic acids is 1. The van der Waals surface area contributed by atoms with Gasteiger partial charge in [0, 0.05) is 11.3 Å². The first-order chi connectivity index (χ1) is 8.19. The number of hydrogen-bond donors (Lipinski definition) is 3. The van der Waals surface area contributed by atoms with E-state index < -0.39 is 0 Å². The fourth-order valence-electron chi connectivity index (χ4n) is 1.22. The van der Waals surface area contributed by atoms with Gasteiger partial charge >= 0.3 is 0 Å². The molecule has 2 aromatic rings. The number of amides is 1. The predicted octanol–water partition coefficient (Wildman–Crippen LogP) is 1.64. The van der Waals surface area contributed by atoms with Crippen molar-refractivity contribution in [3.63, 3.8) is 0 Å². The second-order valence-corrected chi connectivity index (χ2v) is 3.61. The molecule has 0 saturated carbocycles. The third-order valence-electron chi connectivity index (χ3n) is 1.92. The molecule has 0 fully saturated rings. The first-order valence-corrected chi connectivity index (χ1v) is 5.23. The van der Waals surface area contributed by atoms with Gasteiger partial charge in [0.15, 0.2) is 0 Å². The van der Waals surface area contributed by atoms with E-state index in [9.17, 15) is 0 Å². The van der Waals surface area contributed by atoms with Crippen LogP contribution in [0.3, 0.4) is 0 Å². The highest BCUT2D eigenvalue weighted by Crippen LogP contribution is 2.25. The van der Waals surface area contributed by atoms with Crippen molar-refractivity contribution in [3.8, 4) is 11.3 Å². The minimum Gasteiger partial charge on any atom is -0.297 e. The van der Waals surface area contributed by atoms with Gasteiger partial charge in [-0.25, -0.2) is 5.84 Å². The SMILES string of the molecule is Cc1cc(-c2ccccc2Cl)n[nH]1.NNC=O. The molecule has 0 aliphatic heterocycles. The molecule has 90 valence electrons. The molecular weight excluding hydrogens is 240 g/mol. The first-order valence-electron chi connectivity index (χ1n) is 4.85. The molecule has 0 bridgehead atoms. The summed E-state index contributed by atoms with van der Waals surface area (Å²) in [6, 6.07) is 9.65. The van der Waals surface area contributed by atoms with Crippen LogP contribution in [0.1, 0.15) is 5.69 Å². The molecular formula is C11H13ClN4O. The number of nitrogens with zero attached hydrogens (tertiary/aromatic N) is 1. The fraction of sp³-hybridized carbons (Fsp3) is 0.0909. The summed E-state index contributed by atoms with van der Waals surface area (Å²) in [6.07, 6.45) is 0.403. The third kappa shape index (κ3) is 3.90. The second-order valence-electron chi connectivity index (χ2n) is 3.20. The molecule has 4 N–H and O–H groups in total. The Morgan fingerprint density at radius 2 is 2.12 bits per heavy atom. The maximum atomic E-state index is 8.94. The van der Waals surface area contributed by atoms with Gasteiger partial charge in [-0.15, -0.1) is 0 Å². The topological polar surface area (TPSA) is 83.8 Å². The van der Waals surface area contributed by atoms with Crippen LogP contribution in [0, 0.1) is 6.92 Å². The van der Waals surface area contributed by atoms with Gasteiger partial charge in [0.05, 0.1) is 10.7 Å². The number of carbonyl (C=O) groups is 1. The molecule has 0 radical (unpaired) electrons. The number of aromatic nitrogens is 2. The number of aromatic amines is 1. The summed E-state index contributed by atoms with van der Waals surface area (Å²) in [4.78, 5) is 8.94. The number of halogens is 1. The molecule has 0 unspecified atom stereocenters. The van der Waals surface area contributed by atoms with Crippen molar-refractivity contribution in [2.24, 2.45) is 5.84 Å². The largest absolute Gasteiger partial charge is 0.297 e. The van der Waals surface area contributed by atoms with Crippen molar-refractivity contribution in [3.05, 3.63) is 41.0 Å². The standard InChI is InChI=1S/C10H9ClN2.CH4N2O/c1-7-6-10(13-12-7)8-4-2-3-5-9(8)11;2-3-1-4/h2-6H,1H3,(H,12,13);1H,2H2,(H,3,4). The van der Waals surface area contributed by atoms with Crippen LogP contribution in [-0.2, 0) is 4.79 Å². The van der Waals surface area contributed by atoms with Gasteiger partial charge in [-0.2, -0.15) is 5.10 Å². The van der Waals surface area contributed by atoms with Crippen molar-refractivity contribution in [2.75, 3.05) is 0 Å². The molecule has 5 nitrogen and oxygen atoms in total. The van der Waals surface area contributed by atoms with Gasteiger partial charge in [0.25, 0.3) is 0 Å². The Balaban J connectivity index is 0.000000317. The predicted molar refractivity (Wildman–Crippen MR) is 67.2 cm³/mol.